The Kier molecular flexibility index (Phi) is 13.8. The van der Waals surface area contributed by atoms with Crippen LogP contribution in [0.25, 0.3) is 0 Å². The number of nitrogens with zero attached hydrogens (tertiary/aromatic N) is 2. The first kappa shape index (κ1) is 25.1. The molecule has 11 heteroatoms. The summed E-state index contributed by atoms with van der Waals surface area (Å²) in [5.41, 5.74) is 0. The molecule has 11 nitrogen and oxygen atoms in total. The Balaban J connectivity index is 1.80. The van der Waals surface area contributed by atoms with Crippen molar-refractivity contribution < 1.29 is 33.3 Å². The zero-order valence-corrected chi connectivity index (χ0v) is 17.0. The SMILES string of the molecule is CN(N)CCOCCOCCOCCOCCC(=O)NCCN1C(=O)C=CC1=O. The van der Waals surface area contributed by atoms with E-state index in [2.05, 4.69) is 5.32 Å². The van der Waals surface area contributed by atoms with E-state index in [1.54, 1.807) is 12.1 Å². The van der Waals surface area contributed by atoms with Crippen molar-refractivity contribution in [1.82, 2.24) is 15.2 Å². The Bertz CT molecular complexity index is 510. The maximum atomic E-state index is 11.7. The first-order valence-electron chi connectivity index (χ1n) is 9.57. The highest BCUT2D eigenvalue weighted by Gasteiger charge is 2.22. The quantitative estimate of drug-likeness (QED) is 0.116. The maximum Gasteiger partial charge on any atom is 0.253 e. The predicted molar refractivity (Wildman–Crippen MR) is 104 cm³/mol. The number of amides is 3. The molecule has 0 aliphatic carbocycles. The lowest BCUT2D eigenvalue weighted by atomic mass is 10.4. The first-order valence-corrected chi connectivity index (χ1v) is 9.57. The van der Waals surface area contributed by atoms with Crippen LogP contribution in [0.3, 0.4) is 0 Å². The summed E-state index contributed by atoms with van der Waals surface area (Å²) < 4.78 is 21.3. The normalized spacial score (nSPS) is 13.7. The van der Waals surface area contributed by atoms with Gasteiger partial charge in [0.25, 0.3) is 11.8 Å². The van der Waals surface area contributed by atoms with E-state index in [-0.39, 0.29) is 43.8 Å². The molecule has 0 fully saturated rings. The molecule has 0 saturated heterocycles. The zero-order chi connectivity index (χ0) is 21.3. The van der Waals surface area contributed by atoms with E-state index >= 15 is 0 Å². The van der Waals surface area contributed by atoms with Gasteiger partial charge in [0.2, 0.25) is 5.91 Å². The molecule has 0 aromatic heterocycles. The number of carbonyl (C=O) groups excluding carboxylic acids is 3. The van der Waals surface area contributed by atoms with Gasteiger partial charge in [0, 0.05) is 45.3 Å². The fourth-order valence-corrected chi connectivity index (χ4v) is 2.18. The fraction of sp³-hybridized carbons (Fsp3) is 0.722. The molecule has 0 spiro atoms. The summed E-state index contributed by atoms with van der Waals surface area (Å²) in [5, 5.41) is 4.20. The Morgan fingerprint density at radius 2 is 1.41 bits per heavy atom. The molecular weight excluding hydrogens is 384 g/mol. The van der Waals surface area contributed by atoms with Crippen LogP contribution < -0.4 is 11.2 Å². The summed E-state index contributed by atoms with van der Waals surface area (Å²) in [6, 6.07) is 0. The van der Waals surface area contributed by atoms with Crippen LogP contribution in [0.5, 0.6) is 0 Å². The number of hydrogen-bond donors (Lipinski definition) is 2. The number of carbonyl (C=O) groups is 3. The van der Waals surface area contributed by atoms with Gasteiger partial charge in [0.05, 0.1) is 52.9 Å². The average molecular weight is 416 g/mol. The molecule has 29 heavy (non-hydrogen) atoms. The smallest absolute Gasteiger partial charge is 0.253 e. The van der Waals surface area contributed by atoms with E-state index in [1.165, 1.54) is 12.2 Å². The number of nitrogens with two attached hydrogens (primary N) is 1. The number of likely N-dealkylation sites (N-methyl/N-ethyl adjacent to an activating group) is 1. The zero-order valence-electron chi connectivity index (χ0n) is 17.0. The lowest BCUT2D eigenvalue weighted by molar-refractivity contribution is -0.137. The van der Waals surface area contributed by atoms with Crippen LogP contribution in [-0.2, 0) is 33.3 Å². The number of imide groups is 1. The van der Waals surface area contributed by atoms with Gasteiger partial charge in [-0.3, -0.25) is 25.1 Å². The second-order valence-corrected chi connectivity index (χ2v) is 6.19. The minimum Gasteiger partial charge on any atom is -0.379 e. The first-order chi connectivity index (χ1) is 14.0. The van der Waals surface area contributed by atoms with E-state index in [9.17, 15) is 14.4 Å². The van der Waals surface area contributed by atoms with Gasteiger partial charge in [0.15, 0.2) is 0 Å². The number of nitrogens with one attached hydrogen (secondary N) is 1. The van der Waals surface area contributed by atoms with Crippen molar-refractivity contribution in [3.63, 3.8) is 0 Å². The lowest BCUT2D eigenvalue weighted by Gasteiger charge is -2.14. The molecule has 0 aromatic rings. The molecule has 1 aliphatic rings. The van der Waals surface area contributed by atoms with Crippen LogP contribution in [0.15, 0.2) is 12.2 Å². The Morgan fingerprint density at radius 1 is 0.931 bits per heavy atom. The summed E-state index contributed by atoms with van der Waals surface area (Å²) in [6.07, 6.45) is 2.62. The minimum atomic E-state index is -0.359. The highest BCUT2D eigenvalue weighted by Crippen LogP contribution is 2.01. The molecule has 0 atom stereocenters. The third kappa shape index (κ3) is 13.0. The third-order valence-electron chi connectivity index (χ3n) is 3.74. The number of ether oxygens (including phenoxy) is 4. The Hall–Kier alpha value is -1.89. The van der Waals surface area contributed by atoms with Crippen LogP contribution in [-0.4, -0.2) is 107 Å². The van der Waals surface area contributed by atoms with E-state index in [0.29, 0.717) is 52.8 Å². The van der Waals surface area contributed by atoms with Crippen LogP contribution in [0.1, 0.15) is 6.42 Å². The number of hydrogen-bond acceptors (Lipinski definition) is 9. The molecule has 166 valence electrons. The molecule has 3 N–H and O–H groups in total. The van der Waals surface area contributed by atoms with Crippen molar-refractivity contribution in [3.05, 3.63) is 12.2 Å². The van der Waals surface area contributed by atoms with E-state index < -0.39 is 0 Å². The highest BCUT2D eigenvalue weighted by molar-refractivity contribution is 6.12. The molecule has 0 radical (unpaired) electrons. The largest absolute Gasteiger partial charge is 0.379 e. The van der Waals surface area contributed by atoms with Gasteiger partial charge in [-0.25, -0.2) is 5.01 Å². The van der Waals surface area contributed by atoms with Crippen molar-refractivity contribution in [2.45, 2.75) is 6.42 Å². The summed E-state index contributed by atoms with van der Waals surface area (Å²) in [4.78, 5) is 35.4. The minimum absolute atomic E-state index is 0.157. The topological polar surface area (TPSA) is 133 Å². The van der Waals surface area contributed by atoms with E-state index in [4.69, 9.17) is 24.8 Å². The molecule has 1 rings (SSSR count). The second-order valence-electron chi connectivity index (χ2n) is 6.19. The van der Waals surface area contributed by atoms with Crippen molar-refractivity contribution >= 4 is 17.7 Å². The van der Waals surface area contributed by atoms with Gasteiger partial charge in [-0.1, -0.05) is 0 Å². The molecule has 0 unspecified atom stereocenters. The van der Waals surface area contributed by atoms with Crippen molar-refractivity contribution in [2.75, 3.05) is 79.5 Å². The number of hydrazine groups is 1. The van der Waals surface area contributed by atoms with Gasteiger partial charge in [-0.2, -0.15) is 0 Å². The monoisotopic (exact) mass is 416 g/mol. The van der Waals surface area contributed by atoms with Gasteiger partial charge in [0.1, 0.15) is 0 Å². The lowest BCUT2D eigenvalue weighted by Crippen LogP contribution is -2.38. The van der Waals surface area contributed by atoms with Crippen LogP contribution in [0.4, 0.5) is 0 Å². The highest BCUT2D eigenvalue weighted by atomic mass is 16.6. The van der Waals surface area contributed by atoms with Crippen molar-refractivity contribution in [2.24, 2.45) is 5.84 Å². The van der Waals surface area contributed by atoms with Gasteiger partial charge < -0.3 is 24.3 Å². The summed E-state index contributed by atoms with van der Waals surface area (Å²) in [5.74, 6) is 4.53. The Morgan fingerprint density at radius 3 is 1.93 bits per heavy atom. The number of rotatable bonds is 18. The predicted octanol–water partition coefficient (Wildman–Crippen LogP) is -1.71. The standard InChI is InChI=1S/C18H32N4O7/c1-21(19)7-9-27-11-13-29-15-14-28-12-10-26-8-4-16(23)20-5-6-22-17(24)2-3-18(22)25/h2-3H,4-15,19H2,1H3,(H,20,23). The summed E-state index contributed by atoms with van der Waals surface area (Å²) in [7, 11) is 1.78. The average Bonchev–Trinajstić information content (AvgIpc) is 3.00. The van der Waals surface area contributed by atoms with Gasteiger partial charge >= 0.3 is 0 Å². The molecule has 3 amide bonds. The molecule has 1 aliphatic heterocycles. The molecule has 0 bridgehead atoms. The van der Waals surface area contributed by atoms with Gasteiger partial charge in [-0.15, -0.1) is 0 Å². The van der Waals surface area contributed by atoms with Crippen molar-refractivity contribution in [1.29, 1.82) is 0 Å². The van der Waals surface area contributed by atoms with E-state index in [1.807, 2.05) is 0 Å². The van der Waals surface area contributed by atoms with Crippen molar-refractivity contribution in [3.8, 4) is 0 Å². The van der Waals surface area contributed by atoms with Crippen LogP contribution in [0.2, 0.25) is 0 Å². The third-order valence-corrected chi connectivity index (χ3v) is 3.74. The van der Waals surface area contributed by atoms with Crippen LogP contribution >= 0.6 is 0 Å². The Labute approximate surface area is 171 Å². The molecular formula is C18H32N4O7. The van der Waals surface area contributed by atoms with Crippen LogP contribution in [0, 0.1) is 0 Å². The maximum absolute atomic E-state index is 11.7. The summed E-state index contributed by atoms with van der Waals surface area (Å²) in [6.45, 7) is 4.62. The fourth-order valence-electron chi connectivity index (χ4n) is 2.18. The molecule has 0 saturated carbocycles. The second kappa shape index (κ2) is 16.0. The summed E-state index contributed by atoms with van der Waals surface area (Å²) >= 11 is 0. The van der Waals surface area contributed by atoms with Gasteiger partial charge in [-0.05, 0) is 0 Å². The molecule has 1 heterocycles. The van der Waals surface area contributed by atoms with E-state index in [0.717, 1.165) is 4.90 Å². The molecule has 0 aromatic carbocycles.